The number of carbonyl (C=O) groups is 1. The Morgan fingerprint density at radius 3 is 2.88 bits per heavy atom. The summed E-state index contributed by atoms with van der Waals surface area (Å²) in [5, 5.41) is 12.6. The molecule has 1 spiro atoms. The second kappa shape index (κ2) is 5.09. The number of hydrogen-bond donors (Lipinski definition) is 2. The van der Waals surface area contributed by atoms with Crippen LogP contribution in [0.4, 0.5) is 13.2 Å². The number of carbonyl (C=O) groups excluding carboxylic acids is 1. The van der Waals surface area contributed by atoms with Crippen LogP contribution in [0.1, 0.15) is 46.7 Å². The van der Waals surface area contributed by atoms with Crippen molar-refractivity contribution in [3.8, 4) is 0 Å². The van der Waals surface area contributed by atoms with Crippen LogP contribution in [0.15, 0.2) is 12.3 Å². The Kier molecular flexibility index (Phi) is 3.23. The molecular weight excluding hydrogens is 323 g/mol. The highest BCUT2D eigenvalue weighted by molar-refractivity contribution is 5.92. The maximum Gasteiger partial charge on any atom is 0.432 e. The van der Waals surface area contributed by atoms with Crippen LogP contribution in [-0.2, 0) is 18.0 Å². The van der Waals surface area contributed by atoms with Crippen LogP contribution < -0.4 is 0 Å². The molecule has 1 amide bonds. The number of aryl methyl sites for hydroxylation is 1. The molecule has 9 heteroatoms. The third-order valence-corrected chi connectivity index (χ3v) is 5.09. The number of piperidine rings is 1. The Morgan fingerprint density at radius 1 is 1.29 bits per heavy atom. The zero-order chi connectivity index (χ0) is 16.9. The maximum absolute atomic E-state index is 12.7. The number of H-pyrrole nitrogens is 2. The largest absolute Gasteiger partial charge is 0.432 e. The summed E-state index contributed by atoms with van der Waals surface area (Å²) in [6.45, 7) is 1.01. The molecule has 1 unspecified atom stereocenters. The number of nitrogens with zero attached hydrogens (tertiary/aromatic N) is 3. The molecule has 24 heavy (non-hydrogen) atoms. The van der Waals surface area contributed by atoms with Crippen molar-refractivity contribution in [1.29, 1.82) is 0 Å². The standard InChI is InChI=1S/C15H16F3N5O/c16-15(17,18)11-6-10(20-21-11)13(24)23-5-1-3-14(8-23)4-2-9-7-19-22-12(9)14/h6-7H,1-5,8H2,(H,19,22)(H,20,21). The molecule has 3 heterocycles. The first-order valence-electron chi connectivity index (χ1n) is 7.84. The van der Waals surface area contributed by atoms with Gasteiger partial charge in [-0.25, -0.2) is 0 Å². The minimum Gasteiger partial charge on any atom is -0.336 e. The fraction of sp³-hybridized carbons (Fsp3) is 0.533. The van der Waals surface area contributed by atoms with Crippen LogP contribution in [-0.4, -0.2) is 44.3 Å². The van der Waals surface area contributed by atoms with Gasteiger partial charge < -0.3 is 4.90 Å². The number of aromatic nitrogens is 4. The predicted octanol–water partition coefficient (Wildman–Crippen LogP) is 2.27. The summed E-state index contributed by atoms with van der Waals surface area (Å²) in [6.07, 6.45) is 0.865. The lowest BCUT2D eigenvalue weighted by Gasteiger charge is -2.40. The number of fused-ring (bicyclic) bond motifs is 2. The first-order valence-corrected chi connectivity index (χ1v) is 7.84. The highest BCUT2D eigenvalue weighted by Crippen LogP contribution is 2.44. The molecule has 1 atom stereocenters. The van der Waals surface area contributed by atoms with E-state index in [-0.39, 0.29) is 11.1 Å². The lowest BCUT2D eigenvalue weighted by Crippen LogP contribution is -2.48. The third kappa shape index (κ3) is 2.30. The minimum absolute atomic E-state index is 0.164. The van der Waals surface area contributed by atoms with E-state index in [1.54, 1.807) is 4.90 Å². The van der Waals surface area contributed by atoms with Gasteiger partial charge in [-0.05, 0) is 31.2 Å². The molecule has 6 nitrogen and oxygen atoms in total. The van der Waals surface area contributed by atoms with Crippen molar-refractivity contribution in [2.45, 2.75) is 37.3 Å². The molecule has 1 fully saturated rings. The summed E-state index contributed by atoms with van der Waals surface area (Å²) in [4.78, 5) is 14.2. The fourth-order valence-corrected chi connectivity index (χ4v) is 3.91. The first kappa shape index (κ1) is 15.2. The molecule has 2 aliphatic rings. The number of likely N-dealkylation sites (tertiary alicyclic amines) is 1. The van der Waals surface area contributed by atoms with Gasteiger partial charge >= 0.3 is 6.18 Å². The molecular formula is C15H16F3N5O. The second-order valence-corrected chi connectivity index (χ2v) is 6.55. The van der Waals surface area contributed by atoms with Crippen molar-refractivity contribution in [3.05, 3.63) is 34.9 Å². The van der Waals surface area contributed by atoms with Crippen molar-refractivity contribution < 1.29 is 18.0 Å². The summed E-state index contributed by atoms with van der Waals surface area (Å²) in [6, 6.07) is 0.778. The van der Waals surface area contributed by atoms with Gasteiger partial charge in [-0.15, -0.1) is 0 Å². The normalized spacial score (nSPS) is 23.7. The number of rotatable bonds is 1. The van der Waals surface area contributed by atoms with Crippen LogP contribution in [0, 0.1) is 0 Å². The van der Waals surface area contributed by atoms with Gasteiger partial charge in [0.05, 0.1) is 6.20 Å². The minimum atomic E-state index is -4.54. The lowest BCUT2D eigenvalue weighted by molar-refractivity contribution is -0.141. The molecule has 128 valence electrons. The average molecular weight is 339 g/mol. The van der Waals surface area contributed by atoms with Gasteiger partial charge in [0.2, 0.25) is 0 Å². The second-order valence-electron chi connectivity index (χ2n) is 6.55. The number of amides is 1. The summed E-state index contributed by atoms with van der Waals surface area (Å²) in [5.74, 6) is -0.464. The van der Waals surface area contributed by atoms with E-state index < -0.39 is 17.8 Å². The van der Waals surface area contributed by atoms with E-state index in [0.717, 1.165) is 37.4 Å². The SMILES string of the molecule is O=C(c1cc(C(F)(F)F)[nH]n1)N1CCCC2(CCc3cn[nH]c32)C1. The molecule has 2 aromatic rings. The first-order chi connectivity index (χ1) is 11.4. The molecule has 1 saturated heterocycles. The predicted molar refractivity (Wildman–Crippen MR) is 77.3 cm³/mol. The Hall–Kier alpha value is -2.32. The fourth-order valence-electron chi connectivity index (χ4n) is 3.91. The van der Waals surface area contributed by atoms with Crippen molar-refractivity contribution >= 4 is 5.91 Å². The van der Waals surface area contributed by atoms with E-state index >= 15 is 0 Å². The molecule has 4 rings (SSSR count). The van der Waals surface area contributed by atoms with E-state index in [0.29, 0.717) is 13.1 Å². The summed E-state index contributed by atoms with van der Waals surface area (Å²) >= 11 is 0. The molecule has 1 aliphatic heterocycles. The maximum atomic E-state index is 12.7. The van der Waals surface area contributed by atoms with E-state index in [2.05, 4.69) is 15.3 Å². The highest BCUT2D eigenvalue weighted by Gasteiger charge is 2.45. The van der Waals surface area contributed by atoms with E-state index in [4.69, 9.17) is 0 Å². The number of hydrogen-bond acceptors (Lipinski definition) is 3. The third-order valence-electron chi connectivity index (χ3n) is 5.09. The highest BCUT2D eigenvalue weighted by atomic mass is 19.4. The van der Waals surface area contributed by atoms with Gasteiger partial charge in [-0.1, -0.05) is 0 Å². The quantitative estimate of drug-likeness (QED) is 0.837. The van der Waals surface area contributed by atoms with Crippen molar-refractivity contribution in [3.63, 3.8) is 0 Å². The molecule has 0 bridgehead atoms. The number of nitrogens with one attached hydrogen (secondary N) is 2. The van der Waals surface area contributed by atoms with Gasteiger partial charge in [0.1, 0.15) is 5.69 Å². The van der Waals surface area contributed by atoms with Crippen molar-refractivity contribution in [2.75, 3.05) is 13.1 Å². The van der Waals surface area contributed by atoms with E-state index in [1.807, 2.05) is 11.3 Å². The molecule has 2 aromatic heterocycles. The molecule has 2 N–H and O–H groups in total. The van der Waals surface area contributed by atoms with Crippen LogP contribution in [0.3, 0.4) is 0 Å². The van der Waals surface area contributed by atoms with Crippen molar-refractivity contribution in [2.24, 2.45) is 0 Å². The van der Waals surface area contributed by atoms with E-state index in [1.165, 1.54) is 5.56 Å². The average Bonchev–Trinajstić information content (AvgIpc) is 3.25. The summed E-state index contributed by atoms with van der Waals surface area (Å²) in [5.41, 5.74) is 0.876. The Bertz CT molecular complexity index is 780. The smallest absolute Gasteiger partial charge is 0.336 e. The van der Waals surface area contributed by atoms with Crippen LogP contribution in [0.5, 0.6) is 0 Å². The molecule has 1 aliphatic carbocycles. The van der Waals surface area contributed by atoms with Gasteiger partial charge in [-0.2, -0.15) is 23.4 Å². The Morgan fingerprint density at radius 2 is 2.12 bits per heavy atom. The van der Waals surface area contributed by atoms with Crippen LogP contribution >= 0.6 is 0 Å². The van der Waals surface area contributed by atoms with Crippen molar-refractivity contribution in [1.82, 2.24) is 25.3 Å². The van der Waals surface area contributed by atoms with Gasteiger partial charge in [0, 0.05) is 30.3 Å². The van der Waals surface area contributed by atoms with Gasteiger partial charge in [0.25, 0.3) is 5.91 Å². The molecule has 0 saturated carbocycles. The molecule has 0 aromatic carbocycles. The topological polar surface area (TPSA) is 77.7 Å². The Balaban J connectivity index is 1.57. The summed E-state index contributed by atoms with van der Waals surface area (Å²) in [7, 11) is 0. The Labute approximate surface area is 135 Å². The number of halogens is 3. The number of alkyl halides is 3. The van der Waals surface area contributed by atoms with Gasteiger partial charge in [0.15, 0.2) is 5.69 Å². The van der Waals surface area contributed by atoms with Crippen LogP contribution in [0.2, 0.25) is 0 Å². The lowest BCUT2D eigenvalue weighted by atomic mass is 9.77. The monoisotopic (exact) mass is 339 g/mol. The summed E-state index contributed by atoms with van der Waals surface area (Å²) < 4.78 is 38.0. The van der Waals surface area contributed by atoms with Gasteiger partial charge in [-0.3, -0.25) is 15.0 Å². The number of aromatic amines is 2. The van der Waals surface area contributed by atoms with Crippen LogP contribution in [0.25, 0.3) is 0 Å². The zero-order valence-electron chi connectivity index (χ0n) is 12.8. The molecule has 0 radical (unpaired) electrons. The zero-order valence-corrected chi connectivity index (χ0v) is 12.8. The van der Waals surface area contributed by atoms with E-state index in [9.17, 15) is 18.0 Å².